The summed E-state index contributed by atoms with van der Waals surface area (Å²) in [6, 6.07) is 15.3. The third kappa shape index (κ3) is 6.04. The summed E-state index contributed by atoms with van der Waals surface area (Å²) in [5, 5.41) is 0. The molecule has 0 bridgehead atoms. The van der Waals surface area contributed by atoms with Gasteiger partial charge in [-0.15, -0.1) is 0 Å². The fourth-order valence-corrected chi connectivity index (χ4v) is 3.45. The van der Waals surface area contributed by atoms with Crippen LogP contribution in [0.15, 0.2) is 60.7 Å². The fourth-order valence-electron chi connectivity index (χ4n) is 3.45. The maximum absolute atomic E-state index is 14.4. The number of aryl methyl sites for hydroxylation is 1. The predicted octanol–water partition coefficient (Wildman–Crippen LogP) is 6.32. The first-order valence-corrected chi connectivity index (χ1v) is 10.9. The summed E-state index contributed by atoms with van der Waals surface area (Å²) in [5.41, 5.74) is 1.20. The minimum Gasteiger partial charge on any atom is -0.459 e. The van der Waals surface area contributed by atoms with Gasteiger partial charge in [0, 0.05) is 17.8 Å². The second-order valence-corrected chi connectivity index (χ2v) is 8.82. The van der Waals surface area contributed by atoms with Gasteiger partial charge in [0.05, 0.1) is 0 Å². The lowest BCUT2D eigenvalue weighted by molar-refractivity contribution is -0.152. The summed E-state index contributed by atoms with van der Waals surface area (Å²) in [5.74, 6) is -5.76. The van der Waals surface area contributed by atoms with Gasteiger partial charge in [0.2, 0.25) is 0 Å². The first-order valence-electron chi connectivity index (χ1n) is 10.9. The summed E-state index contributed by atoms with van der Waals surface area (Å²) in [4.78, 5) is 26.7. The average Bonchev–Trinajstić information content (AvgIpc) is 2.75. The van der Waals surface area contributed by atoms with E-state index in [1.807, 2.05) is 37.3 Å². The lowest BCUT2D eigenvalue weighted by Gasteiger charge is -2.26. The van der Waals surface area contributed by atoms with Crippen molar-refractivity contribution in [2.75, 3.05) is 11.4 Å². The molecule has 0 unspecified atom stereocenters. The van der Waals surface area contributed by atoms with Crippen LogP contribution in [0.5, 0.6) is 0 Å². The normalized spacial score (nSPS) is 11.3. The van der Waals surface area contributed by atoms with E-state index in [1.165, 1.54) is 0 Å². The molecule has 0 N–H and O–H groups in total. The van der Waals surface area contributed by atoms with Crippen LogP contribution in [0.25, 0.3) is 11.1 Å². The van der Waals surface area contributed by atoms with E-state index in [0.29, 0.717) is 12.1 Å². The molecule has 0 saturated heterocycles. The second-order valence-electron chi connectivity index (χ2n) is 8.82. The molecule has 0 aromatic heterocycles. The van der Waals surface area contributed by atoms with Crippen LogP contribution in [0, 0.1) is 17.5 Å². The summed E-state index contributed by atoms with van der Waals surface area (Å²) in [6.45, 7) is 6.44. The zero-order chi connectivity index (χ0) is 25.0. The number of ether oxygens (including phenoxy) is 1. The summed E-state index contributed by atoms with van der Waals surface area (Å²) >= 11 is 0. The number of carbonyl (C=O) groups excluding carboxylic acids is 2. The Kier molecular flexibility index (Phi) is 7.44. The minimum atomic E-state index is -1.36. The second kappa shape index (κ2) is 10.1. The monoisotopic (exact) mass is 469 g/mol. The van der Waals surface area contributed by atoms with Crippen molar-refractivity contribution in [1.82, 2.24) is 0 Å². The Balaban J connectivity index is 2.05. The number of carbonyl (C=O) groups is 2. The molecular weight excluding hydrogens is 443 g/mol. The van der Waals surface area contributed by atoms with Gasteiger partial charge in [0.1, 0.15) is 35.2 Å². The Morgan fingerprint density at radius 3 is 2.06 bits per heavy atom. The predicted molar refractivity (Wildman–Crippen MR) is 125 cm³/mol. The zero-order valence-corrected chi connectivity index (χ0v) is 19.5. The van der Waals surface area contributed by atoms with Crippen molar-refractivity contribution < 1.29 is 27.5 Å². The first-order chi connectivity index (χ1) is 16.0. The molecule has 3 aromatic carbocycles. The van der Waals surface area contributed by atoms with Crippen LogP contribution < -0.4 is 4.90 Å². The van der Waals surface area contributed by atoms with Crippen molar-refractivity contribution in [3.8, 4) is 11.1 Å². The summed E-state index contributed by atoms with van der Waals surface area (Å²) in [7, 11) is 0. The molecule has 178 valence electrons. The Bertz CT molecular complexity index is 1180. The maximum Gasteiger partial charge on any atom is 0.326 e. The van der Waals surface area contributed by atoms with Gasteiger partial charge in [-0.3, -0.25) is 14.5 Å². The van der Waals surface area contributed by atoms with Crippen molar-refractivity contribution in [3.63, 3.8) is 0 Å². The number of anilines is 1. The molecule has 4 nitrogen and oxygen atoms in total. The lowest BCUT2D eigenvalue weighted by Crippen LogP contribution is -2.39. The van der Waals surface area contributed by atoms with E-state index in [9.17, 15) is 22.8 Å². The average molecular weight is 470 g/mol. The van der Waals surface area contributed by atoms with E-state index in [4.69, 9.17) is 4.74 Å². The van der Waals surface area contributed by atoms with Gasteiger partial charge in [0.25, 0.3) is 5.91 Å². The molecule has 0 radical (unpaired) electrons. The van der Waals surface area contributed by atoms with Gasteiger partial charge in [-0.2, -0.15) is 0 Å². The number of rotatable bonds is 6. The molecular formula is C27H26F3NO3. The van der Waals surface area contributed by atoms with E-state index in [0.717, 1.165) is 28.0 Å². The van der Waals surface area contributed by atoms with Gasteiger partial charge in [-0.05, 0) is 56.0 Å². The quantitative estimate of drug-likeness (QED) is 0.397. The van der Waals surface area contributed by atoms with Crippen molar-refractivity contribution >= 4 is 17.6 Å². The Morgan fingerprint density at radius 2 is 1.50 bits per heavy atom. The van der Waals surface area contributed by atoms with Crippen LogP contribution in [0.4, 0.5) is 18.9 Å². The van der Waals surface area contributed by atoms with Gasteiger partial charge in [-0.1, -0.05) is 43.3 Å². The van der Waals surface area contributed by atoms with E-state index >= 15 is 0 Å². The summed E-state index contributed by atoms with van der Waals surface area (Å²) in [6.07, 6.45) is 0.882. The smallest absolute Gasteiger partial charge is 0.326 e. The number of esters is 1. The number of nitrogens with zero attached hydrogens (tertiary/aromatic N) is 1. The largest absolute Gasteiger partial charge is 0.459 e. The molecule has 3 rings (SSSR count). The zero-order valence-electron chi connectivity index (χ0n) is 19.5. The Hall–Kier alpha value is -3.61. The van der Waals surface area contributed by atoms with Crippen LogP contribution in [0.2, 0.25) is 0 Å². The standard InChI is InChI=1S/C27H26F3NO3/c1-5-17-9-11-18(12-10-17)19-7-6-8-21(13-19)31(16-24(32)34-27(2,3)4)26(33)25-22(29)14-20(28)15-23(25)30/h6-15H,5,16H2,1-4H3. The van der Waals surface area contributed by atoms with E-state index in [2.05, 4.69) is 0 Å². The lowest BCUT2D eigenvalue weighted by atomic mass is 10.0. The van der Waals surface area contributed by atoms with Crippen LogP contribution in [0.1, 0.15) is 43.6 Å². The fraction of sp³-hybridized carbons (Fsp3) is 0.259. The van der Waals surface area contributed by atoms with Crippen LogP contribution in [-0.2, 0) is 16.0 Å². The van der Waals surface area contributed by atoms with Gasteiger partial charge in [0.15, 0.2) is 0 Å². The highest BCUT2D eigenvalue weighted by atomic mass is 19.1. The van der Waals surface area contributed by atoms with Gasteiger partial charge in [-0.25, -0.2) is 13.2 Å². The highest BCUT2D eigenvalue weighted by molar-refractivity contribution is 6.09. The van der Waals surface area contributed by atoms with Crippen molar-refractivity contribution in [2.45, 2.75) is 39.7 Å². The number of hydrogen-bond acceptors (Lipinski definition) is 3. The first kappa shape index (κ1) is 25.0. The maximum atomic E-state index is 14.4. The third-order valence-corrected chi connectivity index (χ3v) is 5.03. The molecule has 7 heteroatoms. The number of benzene rings is 3. The highest BCUT2D eigenvalue weighted by Crippen LogP contribution is 2.28. The van der Waals surface area contributed by atoms with Gasteiger partial charge < -0.3 is 4.74 Å². The number of hydrogen-bond donors (Lipinski definition) is 0. The molecule has 34 heavy (non-hydrogen) atoms. The SMILES string of the molecule is CCc1ccc(-c2cccc(N(CC(=O)OC(C)(C)C)C(=O)c3c(F)cc(F)cc3F)c2)cc1. The molecule has 0 aliphatic heterocycles. The van der Waals surface area contributed by atoms with Gasteiger partial charge >= 0.3 is 5.97 Å². The summed E-state index contributed by atoms with van der Waals surface area (Å²) < 4.78 is 47.6. The van der Waals surface area contributed by atoms with E-state index < -0.39 is 47.0 Å². The van der Waals surface area contributed by atoms with Crippen molar-refractivity contribution in [2.24, 2.45) is 0 Å². The molecule has 0 spiro atoms. The molecule has 3 aromatic rings. The molecule has 0 aliphatic carbocycles. The molecule has 1 amide bonds. The number of amides is 1. The molecule has 0 atom stereocenters. The van der Waals surface area contributed by atoms with Crippen molar-refractivity contribution in [3.05, 3.63) is 89.2 Å². The number of halogens is 3. The topological polar surface area (TPSA) is 46.6 Å². The van der Waals surface area contributed by atoms with E-state index in [-0.39, 0.29) is 5.69 Å². The Labute approximate surface area is 197 Å². The van der Waals surface area contributed by atoms with Crippen molar-refractivity contribution in [1.29, 1.82) is 0 Å². The van der Waals surface area contributed by atoms with Crippen LogP contribution >= 0.6 is 0 Å². The molecule has 0 fully saturated rings. The molecule has 0 aliphatic rings. The third-order valence-electron chi connectivity index (χ3n) is 5.03. The van der Waals surface area contributed by atoms with Crippen LogP contribution in [-0.4, -0.2) is 24.0 Å². The Morgan fingerprint density at radius 1 is 0.882 bits per heavy atom. The van der Waals surface area contributed by atoms with Crippen LogP contribution in [0.3, 0.4) is 0 Å². The molecule has 0 heterocycles. The van der Waals surface area contributed by atoms with E-state index in [1.54, 1.807) is 39.0 Å². The highest BCUT2D eigenvalue weighted by Gasteiger charge is 2.29. The minimum absolute atomic E-state index is 0.232. The molecule has 0 saturated carbocycles.